The zero-order valence-electron chi connectivity index (χ0n) is 35.4. The van der Waals surface area contributed by atoms with Crippen molar-refractivity contribution in [2.75, 3.05) is 9.80 Å². The van der Waals surface area contributed by atoms with Gasteiger partial charge >= 0.3 is 0 Å². The quantitative estimate of drug-likeness (QED) is 0.153. The molecule has 0 bridgehead atoms. The van der Waals surface area contributed by atoms with E-state index < -0.39 is 0 Å². The zero-order chi connectivity index (χ0) is 42.8. The molecule has 0 atom stereocenters. The Morgan fingerprint density at radius 3 is 1.11 bits per heavy atom. The summed E-state index contributed by atoms with van der Waals surface area (Å²) in [5.41, 5.74) is 21.3. The molecule has 0 unspecified atom stereocenters. The van der Waals surface area contributed by atoms with Gasteiger partial charge in [0.25, 0.3) is 6.71 Å². The second-order valence-corrected chi connectivity index (χ2v) is 19.4. The summed E-state index contributed by atoms with van der Waals surface area (Å²) in [6.45, 7) is 6.99. The summed E-state index contributed by atoms with van der Waals surface area (Å²) < 4.78 is 2.09. The van der Waals surface area contributed by atoms with Crippen molar-refractivity contribution in [1.29, 1.82) is 0 Å². The van der Waals surface area contributed by atoms with E-state index in [4.69, 9.17) is 0 Å². The fourth-order valence-electron chi connectivity index (χ4n) is 9.67. The Labute approximate surface area is 387 Å². The number of hydrogen-bond donors (Lipinski definition) is 0. The summed E-state index contributed by atoms with van der Waals surface area (Å²) in [6.07, 6.45) is 0. The van der Waals surface area contributed by atoms with Crippen molar-refractivity contribution in [3.63, 3.8) is 0 Å². The Kier molecular flexibility index (Phi) is 9.86. The summed E-state index contributed by atoms with van der Waals surface area (Å²) in [5, 5.41) is 0. The highest BCUT2D eigenvalue weighted by molar-refractivity contribution is 9.10. The summed E-state index contributed by atoms with van der Waals surface area (Å²) in [7, 11) is 0. The molecule has 302 valence electrons. The van der Waals surface area contributed by atoms with Gasteiger partial charge in [0.2, 0.25) is 0 Å². The van der Waals surface area contributed by atoms with Gasteiger partial charge in [0, 0.05) is 42.8 Å². The van der Waals surface area contributed by atoms with Crippen LogP contribution in [0.1, 0.15) is 26.3 Å². The average Bonchev–Trinajstić information content (AvgIpc) is 3.31. The average molecular weight is 939 g/mol. The summed E-state index contributed by atoms with van der Waals surface area (Å²) in [5.74, 6) is 0. The van der Waals surface area contributed by atoms with Crippen molar-refractivity contribution in [1.82, 2.24) is 0 Å². The second-order valence-electron chi connectivity index (χ2n) is 17.6. The maximum atomic E-state index is 3.96. The Balaban J connectivity index is 1.27. The van der Waals surface area contributed by atoms with Crippen molar-refractivity contribution >= 4 is 89.1 Å². The molecule has 0 aliphatic carbocycles. The molecule has 2 heterocycles. The minimum absolute atomic E-state index is 0.0299. The standard InChI is InChI=1S/C58H43BBr2N2/c1-58(2,3)44-34-55-57-56(35-44)63(52-33-43(39-18-10-5-11-19-39)25-29-48(52)41-22-14-7-15-23-41)54-37-46(61)27-31-50(54)59(57)49-30-26-45(60)36-53(49)62(55)51-32-42(38-16-8-4-9-17-38)24-28-47(51)40-20-12-6-13-21-40/h4-37H,1-3H3. The number of benzene rings is 9. The molecule has 0 spiro atoms. The number of hydrogen-bond acceptors (Lipinski definition) is 2. The third-order valence-corrected chi connectivity index (χ3v) is 13.7. The monoisotopic (exact) mass is 936 g/mol. The van der Waals surface area contributed by atoms with Crippen LogP contribution in [0, 0.1) is 0 Å². The first kappa shape index (κ1) is 39.5. The van der Waals surface area contributed by atoms with Crippen LogP contribution in [0.3, 0.4) is 0 Å². The molecule has 2 aliphatic heterocycles. The summed E-state index contributed by atoms with van der Waals surface area (Å²) in [6, 6.07) is 76.0. The van der Waals surface area contributed by atoms with Crippen LogP contribution in [-0.4, -0.2) is 6.71 Å². The van der Waals surface area contributed by atoms with Crippen LogP contribution in [0.2, 0.25) is 0 Å². The van der Waals surface area contributed by atoms with E-state index in [0.717, 1.165) is 20.3 Å². The van der Waals surface area contributed by atoms with Crippen molar-refractivity contribution in [3.05, 3.63) is 221 Å². The van der Waals surface area contributed by atoms with Gasteiger partial charge in [0.05, 0.1) is 11.4 Å². The van der Waals surface area contributed by atoms with E-state index in [1.165, 1.54) is 89.2 Å². The molecule has 63 heavy (non-hydrogen) atoms. The predicted octanol–water partition coefficient (Wildman–Crippen LogP) is 15.3. The fourth-order valence-corrected chi connectivity index (χ4v) is 10.4. The van der Waals surface area contributed by atoms with Crippen LogP contribution in [0.25, 0.3) is 44.5 Å². The largest absolute Gasteiger partial charge is 0.311 e. The number of nitrogens with zero attached hydrogens (tertiary/aromatic N) is 2. The van der Waals surface area contributed by atoms with Crippen LogP contribution in [-0.2, 0) is 5.41 Å². The topological polar surface area (TPSA) is 6.48 Å². The lowest BCUT2D eigenvalue weighted by Crippen LogP contribution is -2.61. The molecule has 0 aromatic heterocycles. The van der Waals surface area contributed by atoms with Gasteiger partial charge in [-0.05, 0) is 109 Å². The summed E-state index contributed by atoms with van der Waals surface area (Å²) >= 11 is 7.92. The van der Waals surface area contributed by atoms with Crippen molar-refractivity contribution in [3.8, 4) is 44.5 Å². The first-order valence-electron chi connectivity index (χ1n) is 21.6. The molecular weight excluding hydrogens is 895 g/mol. The first-order chi connectivity index (χ1) is 30.7. The predicted molar refractivity (Wildman–Crippen MR) is 276 cm³/mol. The van der Waals surface area contributed by atoms with E-state index in [2.05, 4.69) is 269 Å². The maximum Gasteiger partial charge on any atom is 0.252 e. The molecule has 0 saturated heterocycles. The molecule has 9 aromatic rings. The molecule has 9 aromatic carbocycles. The van der Waals surface area contributed by atoms with Gasteiger partial charge in [-0.3, -0.25) is 0 Å². The van der Waals surface area contributed by atoms with Crippen LogP contribution < -0.4 is 26.2 Å². The van der Waals surface area contributed by atoms with E-state index in [1.807, 2.05) is 0 Å². The number of anilines is 6. The second kappa shape index (κ2) is 15.7. The summed E-state index contributed by atoms with van der Waals surface area (Å²) in [4.78, 5) is 5.14. The highest BCUT2D eigenvalue weighted by Gasteiger charge is 2.45. The minimum atomic E-state index is -0.171. The highest BCUT2D eigenvalue weighted by atomic mass is 79.9. The van der Waals surface area contributed by atoms with Crippen LogP contribution in [0.15, 0.2) is 215 Å². The molecule has 0 amide bonds. The Morgan fingerprint density at radius 2 is 0.730 bits per heavy atom. The SMILES string of the molecule is CC(C)(C)c1cc2c3c(c1)N(c1cc(-c4ccccc4)ccc1-c1ccccc1)c1cc(Br)ccc1B3c1ccc(Br)cc1N2c1cc(-c2ccccc2)ccc1-c1ccccc1. The molecule has 11 rings (SSSR count). The number of fused-ring (bicyclic) bond motifs is 4. The van der Waals surface area contributed by atoms with E-state index in [9.17, 15) is 0 Å². The van der Waals surface area contributed by atoms with Gasteiger partial charge in [0.1, 0.15) is 0 Å². The van der Waals surface area contributed by atoms with Gasteiger partial charge in [-0.25, -0.2) is 0 Å². The molecule has 2 nitrogen and oxygen atoms in total. The van der Waals surface area contributed by atoms with Gasteiger partial charge in [-0.15, -0.1) is 0 Å². The molecular formula is C58H43BBr2N2. The van der Waals surface area contributed by atoms with Crippen molar-refractivity contribution in [2.45, 2.75) is 26.2 Å². The van der Waals surface area contributed by atoms with Gasteiger partial charge in [-0.1, -0.05) is 210 Å². The Hall–Kier alpha value is -6.40. The first-order valence-corrected chi connectivity index (χ1v) is 23.2. The van der Waals surface area contributed by atoms with E-state index in [-0.39, 0.29) is 12.1 Å². The van der Waals surface area contributed by atoms with E-state index in [0.29, 0.717) is 0 Å². The fraction of sp³-hybridized carbons (Fsp3) is 0.0690. The third kappa shape index (κ3) is 6.95. The molecule has 5 heteroatoms. The molecule has 0 fully saturated rings. The Bertz CT molecular complexity index is 2980. The smallest absolute Gasteiger partial charge is 0.252 e. The van der Waals surface area contributed by atoms with Crippen molar-refractivity contribution < 1.29 is 0 Å². The minimum Gasteiger partial charge on any atom is -0.311 e. The molecule has 0 saturated carbocycles. The maximum absolute atomic E-state index is 3.96. The van der Waals surface area contributed by atoms with Crippen LogP contribution in [0.4, 0.5) is 34.1 Å². The van der Waals surface area contributed by atoms with Crippen molar-refractivity contribution in [2.24, 2.45) is 0 Å². The Morgan fingerprint density at radius 1 is 0.349 bits per heavy atom. The normalized spacial score (nSPS) is 12.7. The molecule has 2 aliphatic rings. The van der Waals surface area contributed by atoms with E-state index >= 15 is 0 Å². The zero-order valence-corrected chi connectivity index (χ0v) is 38.5. The lowest BCUT2D eigenvalue weighted by atomic mass is 9.33. The van der Waals surface area contributed by atoms with Crippen LogP contribution >= 0.6 is 31.9 Å². The van der Waals surface area contributed by atoms with Crippen LogP contribution in [0.5, 0.6) is 0 Å². The number of halogens is 2. The molecule has 0 N–H and O–H groups in total. The lowest BCUT2D eigenvalue weighted by Gasteiger charge is -2.46. The third-order valence-electron chi connectivity index (χ3n) is 12.7. The van der Waals surface area contributed by atoms with Gasteiger partial charge in [0.15, 0.2) is 0 Å². The van der Waals surface area contributed by atoms with E-state index in [1.54, 1.807) is 0 Å². The lowest BCUT2D eigenvalue weighted by molar-refractivity contribution is 0.590. The number of rotatable bonds is 6. The van der Waals surface area contributed by atoms with Gasteiger partial charge in [-0.2, -0.15) is 0 Å². The highest BCUT2D eigenvalue weighted by Crippen LogP contribution is 2.51. The molecule has 0 radical (unpaired) electrons. The van der Waals surface area contributed by atoms with Gasteiger partial charge < -0.3 is 9.80 Å².